The number of fused-ring (bicyclic) bond motifs is 3. The maximum absolute atomic E-state index is 13.9. The van der Waals surface area contributed by atoms with Gasteiger partial charge in [0.1, 0.15) is 5.82 Å². The molecular weight excluding hydrogens is 471 g/mol. The van der Waals surface area contributed by atoms with Crippen molar-refractivity contribution in [2.45, 2.75) is 32.6 Å². The Hall–Kier alpha value is -3.55. The van der Waals surface area contributed by atoms with E-state index >= 15 is 0 Å². The highest BCUT2D eigenvalue weighted by atomic mass is 19.1. The third kappa shape index (κ3) is 5.89. The number of carbonyl (C=O) groups is 2. The van der Waals surface area contributed by atoms with Gasteiger partial charge in [-0.15, -0.1) is 0 Å². The molecule has 0 unspecified atom stereocenters. The van der Waals surface area contributed by atoms with Crippen molar-refractivity contribution in [3.8, 4) is 11.1 Å². The van der Waals surface area contributed by atoms with Gasteiger partial charge in [-0.1, -0.05) is 49.4 Å². The lowest BCUT2D eigenvalue weighted by molar-refractivity contribution is -0.0209. The molecule has 7 heteroatoms. The molecule has 0 spiro atoms. The molecule has 0 bridgehead atoms. The van der Waals surface area contributed by atoms with Gasteiger partial charge in [-0.05, 0) is 53.9 Å². The summed E-state index contributed by atoms with van der Waals surface area (Å²) in [7, 11) is 1.69. The summed E-state index contributed by atoms with van der Waals surface area (Å²) in [4.78, 5) is 30.1. The largest absolute Gasteiger partial charge is 0.394 e. The summed E-state index contributed by atoms with van der Waals surface area (Å²) in [6, 6.07) is 20.4. The van der Waals surface area contributed by atoms with Gasteiger partial charge in [0.05, 0.1) is 25.4 Å². The fourth-order valence-electron chi connectivity index (χ4n) is 4.72. The van der Waals surface area contributed by atoms with Gasteiger partial charge in [-0.3, -0.25) is 9.59 Å². The molecule has 2 amide bonds. The topological polar surface area (TPSA) is 70.1 Å². The summed E-state index contributed by atoms with van der Waals surface area (Å²) in [6.45, 7) is 4.56. The maximum Gasteiger partial charge on any atom is 0.254 e. The molecule has 0 aromatic heterocycles. The van der Waals surface area contributed by atoms with Crippen molar-refractivity contribution in [2.75, 3.05) is 26.7 Å². The van der Waals surface area contributed by atoms with Gasteiger partial charge in [-0.2, -0.15) is 0 Å². The Labute approximate surface area is 217 Å². The van der Waals surface area contributed by atoms with Crippen LogP contribution >= 0.6 is 0 Å². The van der Waals surface area contributed by atoms with Crippen LogP contribution in [0.5, 0.6) is 0 Å². The third-order valence-corrected chi connectivity index (χ3v) is 6.99. The van der Waals surface area contributed by atoms with Gasteiger partial charge in [0.25, 0.3) is 11.8 Å². The van der Waals surface area contributed by atoms with Gasteiger partial charge in [-0.25, -0.2) is 4.39 Å². The molecule has 6 nitrogen and oxygen atoms in total. The van der Waals surface area contributed by atoms with Crippen LogP contribution in [-0.2, 0) is 11.3 Å². The molecular formula is C30H33FN2O4. The van der Waals surface area contributed by atoms with Crippen LogP contribution in [0.25, 0.3) is 11.1 Å². The van der Waals surface area contributed by atoms with Crippen molar-refractivity contribution < 1.29 is 23.8 Å². The summed E-state index contributed by atoms with van der Waals surface area (Å²) in [5, 5.41) is 9.97. The van der Waals surface area contributed by atoms with Crippen LogP contribution in [-0.4, -0.2) is 65.6 Å². The van der Waals surface area contributed by atoms with E-state index in [1.165, 1.54) is 24.3 Å². The Bertz CT molecular complexity index is 1250. The van der Waals surface area contributed by atoms with Gasteiger partial charge in [0.15, 0.2) is 0 Å². The standard InChI is InChI=1S/C30H33FN2O4/c1-20-16-33(21(2)18-34)30(36)27-11-7-6-10-26(27)25-9-5-4-8-23(25)19-37-28(20)17-32(3)29(35)22-12-14-24(31)15-13-22/h4-15,20-21,28,34H,16-19H2,1-3H3/t20-,21+,28-/m1/s1. The molecule has 1 heterocycles. The van der Waals surface area contributed by atoms with E-state index in [-0.39, 0.29) is 30.9 Å². The molecule has 0 saturated heterocycles. The zero-order valence-electron chi connectivity index (χ0n) is 21.4. The normalized spacial score (nSPS) is 18.8. The van der Waals surface area contributed by atoms with Crippen molar-refractivity contribution in [3.05, 3.63) is 95.3 Å². The predicted molar refractivity (Wildman–Crippen MR) is 141 cm³/mol. The van der Waals surface area contributed by atoms with E-state index in [1.807, 2.05) is 62.4 Å². The van der Waals surface area contributed by atoms with Crippen molar-refractivity contribution in [1.29, 1.82) is 0 Å². The Morgan fingerprint density at radius 2 is 1.68 bits per heavy atom. The summed E-state index contributed by atoms with van der Waals surface area (Å²) >= 11 is 0. The number of aliphatic hydroxyl groups is 1. The molecule has 1 aliphatic rings. The lowest BCUT2D eigenvalue weighted by atomic mass is 9.94. The third-order valence-electron chi connectivity index (χ3n) is 6.99. The molecule has 0 aliphatic carbocycles. The number of ether oxygens (including phenoxy) is 1. The summed E-state index contributed by atoms with van der Waals surface area (Å²) < 4.78 is 19.8. The first kappa shape index (κ1) is 26.5. The first-order valence-electron chi connectivity index (χ1n) is 12.5. The summed E-state index contributed by atoms with van der Waals surface area (Å²) in [6.07, 6.45) is -0.398. The molecule has 3 atom stereocenters. The molecule has 3 aromatic rings. The van der Waals surface area contributed by atoms with Gasteiger partial charge in [0, 0.05) is 37.2 Å². The van der Waals surface area contributed by atoms with Crippen molar-refractivity contribution in [2.24, 2.45) is 5.92 Å². The Kier molecular flexibility index (Phi) is 8.36. The number of hydrogen-bond donors (Lipinski definition) is 1. The zero-order valence-corrected chi connectivity index (χ0v) is 21.4. The van der Waals surface area contributed by atoms with Gasteiger partial charge >= 0.3 is 0 Å². The number of benzene rings is 3. The number of carbonyl (C=O) groups excluding carboxylic acids is 2. The van der Waals surface area contributed by atoms with Crippen LogP contribution in [0.4, 0.5) is 4.39 Å². The van der Waals surface area contributed by atoms with E-state index in [4.69, 9.17) is 4.74 Å². The number of rotatable bonds is 5. The number of aliphatic hydroxyl groups excluding tert-OH is 1. The molecule has 1 aliphatic heterocycles. The average molecular weight is 505 g/mol. The maximum atomic E-state index is 13.9. The second-order valence-corrected chi connectivity index (χ2v) is 9.71. The molecule has 37 heavy (non-hydrogen) atoms. The number of hydrogen-bond acceptors (Lipinski definition) is 4. The quantitative estimate of drug-likeness (QED) is 0.551. The molecule has 194 valence electrons. The van der Waals surface area contributed by atoms with Gasteiger partial charge < -0.3 is 19.6 Å². The first-order valence-corrected chi connectivity index (χ1v) is 12.5. The Morgan fingerprint density at radius 3 is 2.35 bits per heavy atom. The minimum Gasteiger partial charge on any atom is -0.394 e. The minimum absolute atomic E-state index is 0.154. The van der Waals surface area contributed by atoms with Crippen molar-refractivity contribution in [1.82, 2.24) is 9.80 Å². The number of halogens is 1. The molecule has 4 rings (SSSR count). The van der Waals surface area contributed by atoms with E-state index in [0.717, 1.165) is 16.7 Å². The molecule has 1 N–H and O–H groups in total. The lowest BCUT2D eigenvalue weighted by Gasteiger charge is -2.35. The lowest BCUT2D eigenvalue weighted by Crippen LogP contribution is -2.47. The molecule has 0 fully saturated rings. The Balaban J connectivity index is 1.69. The highest BCUT2D eigenvalue weighted by Crippen LogP contribution is 2.31. The second-order valence-electron chi connectivity index (χ2n) is 9.71. The van der Waals surface area contributed by atoms with Crippen LogP contribution in [0, 0.1) is 11.7 Å². The highest BCUT2D eigenvalue weighted by Gasteiger charge is 2.31. The van der Waals surface area contributed by atoms with Gasteiger partial charge in [0.2, 0.25) is 0 Å². The monoisotopic (exact) mass is 504 g/mol. The molecule has 0 radical (unpaired) electrons. The predicted octanol–water partition coefficient (Wildman–Crippen LogP) is 4.62. The van der Waals surface area contributed by atoms with Crippen LogP contribution in [0.1, 0.15) is 40.1 Å². The summed E-state index contributed by atoms with van der Waals surface area (Å²) in [5.41, 5.74) is 3.63. The SMILES string of the molecule is C[C@@H]1CN([C@@H](C)CO)C(=O)c2ccccc2-c2ccccc2CO[C@@H]1CN(C)C(=O)c1ccc(F)cc1. The van der Waals surface area contributed by atoms with Crippen LogP contribution in [0.3, 0.4) is 0 Å². The number of likely N-dealkylation sites (N-methyl/N-ethyl adjacent to an activating group) is 1. The van der Waals surface area contributed by atoms with E-state index in [0.29, 0.717) is 24.3 Å². The van der Waals surface area contributed by atoms with E-state index in [1.54, 1.807) is 16.8 Å². The fraction of sp³-hybridized carbons (Fsp3) is 0.333. The number of nitrogens with zero attached hydrogens (tertiary/aromatic N) is 2. The van der Waals surface area contributed by atoms with Crippen LogP contribution in [0.2, 0.25) is 0 Å². The van der Waals surface area contributed by atoms with E-state index in [2.05, 4.69) is 0 Å². The first-order chi connectivity index (χ1) is 17.8. The number of amides is 2. The van der Waals surface area contributed by atoms with Crippen LogP contribution in [0.15, 0.2) is 72.8 Å². The molecule has 3 aromatic carbocycles. The van der Waals surface area contributed by atoms with E-state index < -0.39 is 18.0 Å². The summed E-state index contributed by atoms with van der Waals surface area (Å²) in [5.74, 6) is -0.953. The molecule has 0 saturated carbocycles. The van der Waals surface area contributed by atoms with Crippen LogP contribution < -0.4 is 0 Å². The van der Waals surface area contributed by atoms with Crippen molar-refractivity contribution in [3.63, 3.8) is 0 Å². The smallest absolute Gasteiger partial charge is 0.254 e. The minimum atomic E-state index is -0.404. The second kappa shape index (κ2) is 11.7. The fourth-order valence-corrected chi connectivity index (χ4v) is 4.72. The zero-order chi connectivity index (χ0) is 26.5. The average Bonchev–Trinajstić information content (AvgIpc) is 2.94. The van der Waals surface area contributed by atoms with Crippen molar-refractivity contribution >= 4 is 11.8 Å². The highest BCUT2D eigenvalue weighted by molar-refractivity contribution is 6.01. The Morgan fingerprint density at radius 1 is 1.05 bits per heavy atom. The van der Waals surface area contributed by atoms with E-state index in [9.17, 15) is 19.1 Å².